The number of unbranched alkanes of at least 4 members (excludes halogenated alkanes) is 1. The maximum atomic E-state index is 12.1. The largest absolute Gasteiger partial charge is 0.338 e. The lowest BCUT2D eigenvalue weighted by atomic mass is 10.1. The minimum Gasteiger partial charge on any atom is -0.338 e. The minimum atomic E-state index is -0.227. The van der Waals surface area contributed by atoms with Crippen LogP contribution in [0.4, 0.5) is 9.93 Å². The highest BCUT2D eigenvalue weighted by Crippen LogP contribution is 2.39. The lowest BCUT2D eigenvalue weighted by molar-refractivity contribution is 0.252. The van der Waals surface area contributed by atoms with E-state index in [1.54, 1.807) is 0 Å². The highest BCUT2D eigenvalue weighted by Gasteiger charge is 2.16. The Morgan fingerprint density at radius 1 is 1.07 bits per heavy atom. The van der Waals surface area contributed by atoms with E-state index in [2.05, 4.69) is 48.7 Å². The van der Waals surface area contributed by atoms with E-state index in [0.717, 1.165) is 34.5 Å². The number of nitrogens with one attached hydrogen (secondary N) is 2. The Hall–Kier alpha value is -2.37. The number of halogens is 1. The monoisotopic (exact) mass is 399 g/mol. The second-order valence-electron chi connectivity index (χ2n) is 6.30. The zero-order valence-corrected chi connectivity index (χ0v) is 17.0. The normalized spacial score (nSPS) is 10.6. The highest BCUT2D eigenvalue weighted by atomic mass is 35.5. The Balaban J connectivity index is 1.92. The first-order valence-electron chi connectivity index (χ1n) is 8.95. The lowest BCUT2D eigenvalue weighted by Crippen LogP contribution is -2.29. The van der Waals surface area contributed by atoms with Gasteiger partial charge in [-0.25, -0.2) is 9.78 Å². The van der Waals surface area contributed by atoms with Crippen molar-refractivity contribution in [2.45, 2.75) is 26.7 Å². The molecule has 1 heterocycles. The van der Waals surface area contributed by atoms with Gasteiger partial charge in [0.1, 0.15) is 0 Å². The molecule has 0 fully saturated rings. The van der Waals surface area contributed by atoms with Crippen LogP contribution in [0.25, 0.3) is 21.7 Å². The second-order valence-corrected chi connectivity index (χ2v) is 7.74. The van der Waals surface area contributed by atoms with Crippen LogP contribution in [-0.2, 0) is 0 Å². The zero-order chi connectivity index (χ0) is 19.2. The molecule has 0 saturated carbocycles. The summed E-state index contributed by atoms with van der Waals surface area (Å²) in [7, 11) is 0. The molecule has 2 aromatic carbocycles. The minimum absolute atomic E-state index is 0.227. The average molecular weight is 400 g/mol. The molecule has 0 aliphatic carbocycles. The third kappa shape index (κ3) is 5.08. The summed E-state index contributed by atoms with van der Waals surface area (Å²) < 4.78 is 0. The van der Waals surface area contributed by atoms with Crippen LogP contribution in [0, 0.1) is 6.92 Å². The van der Waals surface area contributed by atoms with Crippen LogP contribution >= 0.6 is 22.9 Å². The van der Waals surface area contributed by atoms with Crippen molar-refractivity contribution >= 4 is 34.1 Å². The predicted molar refractivity (Wildman–Crippen MR) is 115 cm³/mol. The predicted octanol–water partition coefficient (Wildman–Crippen LogP) is 6.36. The molecule has 2 N–H and O–H groups in total. The van der Waals surface area contributed by atoms with Crippen molar-refractivity contribution in [2.24, 2.45) is 0 Å². The first-order valence-corrected chi connectivity index (χ1v) is 10.1. The molecule has 0 unspecified atom stereocenters. The van der Waals surface area contributed by atoms with Crippen molar-refractivity contribution < 1.29 is 4.79 Å². The summed E-state index contributed by atoms with van der Waals surface area (Å²) in [5.74, 6) is 0. The zero-order valence-electron chi connectivity index (χ0n) is 15.4. The standard InChI is InChI=1S/C21H22ClN3OS/c1-3-4-13-23-20(26)25-21-24-18(15-7-5-14(2)6-8-15)19(27-21)16-9-11-17(22)12-10-16/h5-12H,3-4,13H2,1-2H3,(H2,23,24,25,26). The molecule has 3 aromatic rings. The maximum Gasteiger partial charge on any atom is 0.321 e. The molecular formula is C21H22ClN3OS. The van der Waals surface area contributed by atoms with Gasteiger partial charge in [-0.15, -0.1) is 0 Å². The quantitative estimate of drug-likeness (QED) is 0.474. The number of carbonyl (C=O) groups excluding carboxylic acids is 1. The molecule has 6 heteroatoms. The number of rotatable bonds is 6. The number of anilines is 1. The van der Waals surface area contributed by atoms with E-state index in [4.69, 9.17) is 16.6 Å². The summed E-state index contributed by atoms with van der Waals surface area (Å²) in [6, 6.07) is 15.7. The molecule has 0 aliphatic heterocycles. The number of amides is 2. The van der Waals surface area contributed by atoms with Crippen LogP contribution in [0.3, 0.4) is 0 Å². The van der Waals surface area contributed by atoms with E-state index in [0.29, 0.717) is 16.7 Å². The fourth-order valence-corrected chi connectivity index (χ4v) is 3.71. The number of aromatic nitrogens is 1. The summed E-state index contributed by atoms with van der Waals surface area (Å²) in [6.45, 7) is 4.80. The van der Waals surface area contributed by atoms with Gasteiger partial charge < -0.3 is 5.32 Å². The van der Waals surface area contributed by atoms with Gasteiger partial charge in [-0.05, 0) is 31.0 Å². The van der Waals surface area contributed by atoms with Crippen molar-refractivity contribution in [1.82, 2.24) is 10.3 Å². The molecule has 0 atom stereocenters. The number of thiazole rings is 1. The topological polar surface area (TPSA) is 54.0 Å². The van der Waals surface area contributed by atoms with Crippen molar-refractivity contribution in [3.05, 3.63) is 59.1 Å². The number of carbonyl (C=O) groups is 1. The molecule has 1 aromatic heterocycles. The van der Waals surface area contributed by atoms with E-state index in [1.165, 1.54) is 16.9 Å². The van der Waals surface area contributed by atoms with E-state index < -0.39 is 0 Å². The second kappa shape index (κ2) is 9.02. The molecule has 140 valence electrons. The fraction of sp³-hybridized carbons (Fsp3) is 0.238. The third-order valence-corrected chi connectivity index (χ3v) is 5.37. The highest BCUT2D eigenvalue weighted by molar-refractivity contribution is 7.19. The molecule has 0 spiro atoms. The Bertz CT molecular complexity index is 841. The van der Waals surface area contributed by atoms with Gasteiger partial charge in [-0.1, -0.05) is 78.2 Å². The molecule has 4 nitrogen and oxygen atoms in total. The van der Waals surface area contributed by atoms with Gasteiger partial charge in [-0.2, -0.15) is 0 Å². The van der Waals surface area contributed by atoms with E-state index in [9.17, 15) is 4.79 Å². The van der Waals surface area contributed by atoms with E-state index in [1.807, 2.05) is 24.3 Å². The number of hydrogen-bond acceptors (Lipinski definition) is 3. The van der Waals surface area contributed by atoms with E-state index >= 15 is 0 Å². The van der Waals surface area contributed by atoms with Crippen molar-refractivity contribution in [2.75, 3.05) is 11.9 Å². The van der Waals surface area contributed by atoms with Gasteiger partial charge in [0, 0.05) is 17.1 Å². The number of urea groups is 1. The maximum absolute atomic E-state index is 12.1. The average Bonchev–Trinajstić information content (AvgIpc) is 3.07. The summed E-state index contributed by atoms with van der Waals surface area (Å²) in [5, 5.41) is 6.97. The Kier molecular flexibility index (Phi) is 6.48. The lowest BCUT2D eigenvalue weighted by Gasteiger charge is -2.04. The van der Waals surface area contributed by atoms with Gasteiger partial charge in [-0.3, -0.25) is 5.32 Å². The summed E-state index contributed by atoms with van der Waals surface area (Å²) >= 11 is 7.49. The molecule has 0 radical (unpaired) electrons. The summed E-state index contributed by atoms with van der Waals surface area (Å²) in [4.78, 5) is 17.8. The van der Waals surface area contributed by atoms with Gasteiger partial charge >= 0.3 is 6.03 Å². The van der Waals surface area contributed by atoms with Crippen LogP contribution in [-0.4, -0.2) is 17.6 Å². The molecule has 0 bridgehead atoms. The number of benzene rings is 2. The fourth-order valence-electron chi connectivity index (χ4n) is 2.60. The molecule has 2 amide bonds. The SMILES string of the molecule is CCCCNC(=O)Nc1nc(-c2ccc(C)cc2)c(-c2ccc(Cl)cc2)s1. The first kappa shape index (κ1) is 19.4. The number of nitrogens with zero attached hydrogens (tertiary/aromatic N) is 1. The van der Waals surface area contributed by atoms with Gasteiger partial charge in [0.25, 0.3) is 0 Å². The smallest absolute Gasteiger partial charge is 0.321 e. The van der Waals surface area contributed by atoms with Crippen molar-refractivity contribution in [1.29, 1.82) is 0 Å². The van der Waals surface area contributed by atoms with Gasteiger partial charge in [0.2, 0.25) is 0 Å². The Labute approximate surface area is 168 Å². The molecule has 3 rings (SSSR count). The van der Waals surface area contributed by atoms with E-state index in [-0.39, 0.29) is 6.03 Å². The third-order valence-electron chi connectivity index (χ3n) is 4.09. The number of hydrogen-bond donors (Lipinski definition) is 2. The van der Waals surface area contributed by atoms with Crippen LogP contribution in [0.15, 0.2) is 48.5 Å². The Morgan fingerprint density at radius 3 is 2.41 bits per heavy atom. The number of aryl methyl sites for hydroxylation is 1. The summed E-state index contributed by atoms with van der Waals surface area (Å²) in [6.07, 6.45) is 1.99. The first-order chi connectivity index (χ1) is 13.1. The Morgan fingerprint density at radius 2 is 1.74 bits per heavy atom. The molecule has 0 saturated heterocycles. The van der Waals surface area contributed by atoms with Crippen molar-refractivity contribution in [3.63, 3.8) is 0 Å². The van der Waals surface area contributed by atoms with Gasteiger partial charge in [0.05, 0.1) is 10.6 Å². The molecule has 0 aliphatic rings. The van der Waals surface area contributed by atoms with Crippen LogP contribution < -0.4 is 10.6 Å². The van der Waals surface area contributed by atoms with Gasteiger partial charge in [0.15, 0.2) is 5.13 Å². The molecular weight excluding hydrogens is 378 g/mol. The van der Waals surface area contributed by atoms with Crippen LogP contribution in [0.2, 0.25) is 5.02 Å². The van der Waals surface area contributed by atoms with Crippen LogP contribution in [0.1, 0.15) is 25.3 Å². The van der Waals surface area contributed by atoms with Crippen LogP contribution in [0.5, 0.6) is 0 Å². The summed E-state index contributed by atoms with van der Waals surface area (Å²) in [5.41, 5.74) is 4.08. The van der Waals surface area contributed by atoms with Crippen molar-refractivity contribution in [3.8, 4) is 21.7 Å². The molecule has 27 heavy (non-hydrogen) atoms.